The van der Waals surface area contributed by atoms with Gasteiger partial charge < -0.3 is 13.3 Å². The summed E-state index contributed by atoms with van der Waals surface area (Å²) < 4.78 is 0. The van der Waals surface area contributed by atoms with E-state index in [-0.39, 0.29) is 47.6 Å². The van der Waals surface area contributed by atoms with Gasteiger partial charge in [0.25, 0.3) is 0 Å². The van der Waals surface area contributed by atoms with Crippen LogP contribution in [0.4, 0.5) is 0 Å². The fraction of sp³-hybridized carbons (Fsp3) is 0.714. The maximum atomic E-state index is 3.25. The van der Waals surface area contributed by atoms with Gasteiger partial charge in [0.05, 0.1) is 0 Å². The van der Waals surface area contributed by atoms with Crippen molar-refractivity contribution >= 4 is 0 Å². The zero-order valence-corrected chi connectivity index (χ0v) is 7.70. The van der Waals surface area contributed by atoms with E-state index in [1.807, 2.05) is 20.3 Å². The van der Waals surface area contributed by atoms with Crippen LogP contribution in [0.25, 0.3) is 0 Å². The summed E-state index contributed by atoms with van der Waals surface area (Å²) in [5.41, 5.74) is 0. The molecule has 0 aromatic rings. The van der Waals surface area contributed by atoms with Crippen LogP contribution in [0.3, 0.4) is 0 Å². The van der Waals surface area contributed by atoms with Gasteiger partial charge in [0.2, 0.25) is 0 Å². The first-order valence-corrected chi connectivity index (χ1v) is 1.86. The second-order valence-electron chi connectivity index (χ2n) is 0.577. The molecule has 0 aliphatic heterocycles. The molecule has 1 radical (unpaired) electrons. The van der Waals surface area contributed by atoms with Gasteiger partial charge in [-0.3, -0.25) is 0 Å². The van der Waals surface area contributed by atoms with Crippen LogP contribution in [0, 0.1) is 13.3 Å². The fourth-order valence-corrected chi connectivity index (χ4v) is 0. The van der Waals surface area contributed by atoms with E-state index in [1.165, 1.54) is 0 Å². The standard InChI is InChI=1S/C3H7.C2H5.2CH4.Y/c1-3-2;1-2;;;/h3H,1-2H3;1H2,2H3;2*1H4;/q2*-1;;;. The van der Waals surface area contributed by atoms with Crippen LogP contribution in [0.15, 0.2) is 0 Å². The zero-order chi connectivity index (χ0) is 4.71. The molecule has 0 amide bonds. The molecule has 0 saturated heterocycles. The van der Waals surface area contributed by atoms with Crippen LogP contribution in [0.1, 0.15) is 35.6 Å². The van der Waals surface area contributed by atoms with Gasteiger partial charge in [-0.2, -0.15) is 20.8 Å². The van der Waals surface area contributed by atoms with Crippen molar-refractivity contribution in [1.29, 1.82) is 0 Å². The minimum Gasteiger partial charge on any atom is -0.346 e. The molecule has 1 heteroatoms. The molecule has 0 N–H and O–H groups in total. The Balaban J connectivity index is -0.00000000567. The number of hydrogen-bond donors (Lipinski definition) is 0. The van der Waals surface area contributed by atoms with E-state index in [2.05, 4.69) is 6.92 Å². The van der Waals surface area contributed by atoms with E-state index in [0.29, 0.717) is 0 Å². The fourth-order valence-electron chi connectivity index (χ4n) is 0. The van der Waals surface area contributed by atoms with E-state index in [1.54, 1.807) is 6.92 Å². The van der Waals surface area contributed by atoms with Gasteiger partial charge >= 0.3 is 0 Å². The second kappa shape index (κ2) is 92.4. The average Bonchev–Trinajstić information content (AvgIpc) is 1.46. The summed E-state index contributed by atoms with van der Waals surface area (Å²) in [7, 11) is 0. The molecule has 0 aromatic carbocycles. The largest absolute Gasteiger partial charge is 0.346 e. The summed E-state index contributed by atoms with van der Waals surface area (Å²) in [6.07, 6.45) is 2.00. The van der Waals surface area contributed by atoms with Gasteiger partial charge in [-0.05, 0) is 0 Å². The molecule has 0 saturated carbocycles. The molecular formula is C7H20Y-2. The maximum absolute atomic E-state index is 3.25. The molecule has 0 bridgehead atoms. The Bertz CT molecular complexity index is 4.35. The quantitative estimate of drug-likeness (QED) is 0.517. The molecule has 8 heavy (non-hydrogen) atoms. The van der Waals surface area contributed by atoms with Gasteiger partial charge in [-0.25, -0.2) is 0 Å². The van der Waals surface area contributed by atoms with Crippen molar-refractivity contribution in [2.24, 2.45) is 0 Å². The monoisotopic (exact) mass is 193 g/mol. The Morgan fingerprint density at radius 3 is 1.00 bits per heavy atom. The van der Waals surface area contributed by atoms with Crippen LogP contribution in [0.5, 0.6) is 0 Å². The van der Waals surface area contributed by atoms with Gasteiger partial charge in [0.15, 0.2) is 0 Å². The molecule has 0 atom stereocenters. The van der Waals surface area contributed by atoms with Crippen molar-refractivity contribution in [3.8, 4) is 0 Å². The second-order valence-corrected chi connectivity index (χ2v) is 0.577. The number of rotatable bonds is 0. The predicted molar refractivity (Wildman–Crippen MR) is 40.1 cm³/mol. The normalized spacial score (nSPS) is 3.00. The SMILES string of the molecule is C.C.C[CH-]C.[CH2-]C.[Y]. The summed E-state index contributed by atoms with van der Waals surface area (Å²) >= 11 is 0. The molecule has 0 unspecified atom stereocenters. The van der Waals surface area contributed by atoms with Crippen LogP contribution in [0.2, 0.25) is 0 Å². The summed E-state index contributed by atoms with van der Waals surface area (Å²) in [5.74, 6) is 0. The summed E-state index contributed by atoms with van der Waals surface area (Å²) in [4.78, 5) is 0. The van der Waals surface area contributed by atoms with E-state index >= 15 is 0 Å². The van der Waals surface area contributed by atoms with Crippen LogP contribution in [-0.4, -0.2) is 0 Å². The minimum absolute atomic E-state index is 0. The Hall–Kier alpha value is 1.10. The van der Waals surface area contributed by atoms with Gasteiger partial charge in [-0.15, -0.1) is 0 Å². The third kappa shape index (κ3) is 217. The smallest absolute Gasteiger partial charge is 0 e. The summed E-state index contributed by atoms with van der Waals surface area (Å²) in [6.45, 7) is 9.00. The molecule has 0 fully saturated rings. The van der Waals surface area contributed by atoms with Crippen molar-refractivity contribution in [2.45, 2.75) is 35.6 Å². The molecular weight excluding hydrogens is 173 g/mol. The first kappa shape index (κ1) is 35.5. The zero-order valence-electron chi connectivity index (χ0n) is 4.86. The Labute approximate surface area is 81.3 Å². The van der Waals surface area contributed by atoms with E-state index in [9.17, 15) is 0 Å². The van der Waals surface area contributed by atoms with Crippen LogP contribution < -0.4 is 0 Å². The summed E-state index contributed by atoms with van der Waals surface area (Å²) in [5, 5.41) is 0. The predicted octanol–water partition coefficient (Wildman–Crippen LogP) is 3.34. The van der Waals surface area contributed by atoms with Crippen molar-refractivity contribution in [2.75, 3.05) is 0 Å². The molecule has 0 aliphatic rings. The Kier molecular flexibility index (Phi) is 410. The average molecular weight is 193 g/mol. The first-order chi connectivity index (χ1) is 2.41. The molecule has 0 aliphatic carbocycles. The van der Waals surface area contributed by atoms with Crippen molar-refractivity contribution < 1.29 is 32.7 Å². The molecule has 0 aromatic heterocycles. The third-order valence-electron chi connectivity index (χ3n) is 0. The van der Waals surface area contributed by atoms with E-state index in [4.69, 9.17) is 0 Å². The van der Waals surface area contributed by atoms with Crippen LogP contribution >= 0.6 is 0 Å². The molecule has 0 heterocycles. The van der Waals surface area contributed by atoms with Gasteiger partial charge in [0.1, 0.15) is 0 Å². The maximum Gasteiger partial charge on any atom is 0 e. The van der Waals surface area contributed by atoms with Crippen molar-refractivity contribution in [3.63, 3.8) is 0 Å². The first-order valence-electron chi connectivity index (χ1n) is 1.86. The molecule has 0 spiro atoms. The topological polar surface area (TPSA) is 0 Å². The van der Waals surface area contributed by atoms with E-state index in [0.717, 1.165) is 0 Å². The van der Waals surface area contributed by atoms with Crippen molar-refractivity contribution in [1.82, 2.24) is 0 Å². The van der Waals surface area contributed by atoms with Crippen LogP contribution in [-0.2, 0) is 32.7 Å². The van der Waals surface area contributed by atoms with Gasteiger partial charge in [0, 0.05) is 32.7 Å². The minimum atomic E-state index is 0. The number of hydrogen-bond acceptors (Lipinski definition) is 0. The summed E-state index contributed by atoms with van der Waals surface area (Å²) in [6, 6.07) is 0. The molecule has 53 valence electrons. The van der Waals surface area contributed by atoms with E-state index < -0.39 is 0 Å². The molecule has 0 nitrogen and oxygen atoms in total. The molecule has 0 rings (SSSR count). The van der Waals surface area contributed by atoms with Crippen molar-refractivity contribution in [3.05, 3.63) is 13.3 Å². The Morgan fingerprint density at radius 1 is 1.00 bits per heavy atom. The Morgan fingerprint density at radius 2 is 1.00 bits per heavy atom. The van der Waals surface area contributed by atoms with Gasteiger partial charge in [-0.1, -0.05) is 14.9 Å². The third-order valence-corrected chi connectivity index (χ3v) is 0.